The molecule has 100 valence electrons. The van der Waals surface area contributed by atoms with E-state index in [9.17, 15) is 13.2 Å². The topological polar surface area (TPSA) is 72.5 Å². The first-order valence-corrected chi connectivity index (χ1v) is 7.44. The second-order valence-corrected chi connectivity index (χ2v) is 6.22. The van der Waals surface area contributed by atoms with Crippen molar-refractivity contribution in [2.75, 3.05) is 11.0 Å². The van der Waals surface area contributed by atoms with E-state index in [1.165, 1.54) is 0 Å². The van der Waals surface area contributed by atoms with Crippen LogP contribution >= 0.6 is 0 Å². The number of rotatable bonds is 5. The Hall–Kier alpha value is -1.56. The van der Waals surface area contributed by atoms with Gasteiger partial charge in [-0.3, -0.25) is 9.52 Å². The lowest BCUT2D eigenvalue weighted by Crippen LogP contribution is -2.11. The Kier molecular flexibility index (Phi) is 4.72. The summed E-state index contributed by atoms with van der Waals surface area (Å²) in [7, 11) is -3.29. The normalized spacial score (nSPS) is 11.3. The van der Waals surface area contributed by atoms with Gasteiger partial charge in [0.2, 0.25) is 10.0 Å². The van der Waals surface area contributed by atoms with E-state index in [0.717, 1.165) is 6.26 Å². The molecule has 0 fully saturated rings. The van der Waals surface area contributed by atoms with Crippen LogP contribution in [-0.4, -0.2) is 20.6 Å². The monoisotopic (exact) mass is 271 g/mol. The number of esters is 1. The third-order valence-corrected chi connectivity index (χ3v) is 2.57. The van der Waals surface area contributed by atoms with E-state index in [1.807, 2.05) is 13.8 Å². The summed E-state index contributed by atoms with van der Waals surface area (Å²) in [5.41, 5.74) is 0.432. The largest absolute Gasteiger partial charge is 0.427 e. The van der Waals surface area contributed by atoms with Crippen molar-refractivity contribution in [3.8, 4) is 5.75 Å². The molecule has 1 N–H and O–H groups in total. The van der Waals surface area contributed by atoms with Gasteiger partial charge in [-0.1, -0.05) is 13.8 Å². The lowest BCUT2D eigenvalue weighted by molar-refractivity contribution is -0.135. The Morgan fingerprint density at radius 3 is 2.28 bits per heavy atom. The molecule has 0 aliphatic carbocycles. The molecule has 0 radical (unpaired) electrons. The van der Waals surface area contributed by atoms with Crippen LogP contribution in [0.2, 0.25) is 0 Å². The molecule has 5 nitrogen and oxygen atoms in total. The summed E-state index contributed by atoms with van der Waals surface area (Å²) in [6, 6.07) is 6.18. The molecule has 0 aliphatic rings. The molecule has 0 amide bonds. The van der Waals surface area contributed by atoms with Gasteiger partial charge in [-0.15, -0.1) is 0 Å². The van der Waals surface area contributed by atoms with Gasteiger partial charge in [-0.2, -0.15) is 0 Å². The lowest BCUT2D eigenvalue weighted by atomic mass is 10.1. The molecule has 0 unspecified atom stereocenters. The zero-order valence-corrected chi connectivity index (χ0v) is 11.5. The maximum Gasteiger partial charge on any atom is 0.311 e. The second kappa shape index (κ2) is 5.86. The van der Waals surface area contributed by atoms with E-state index < -0.39 is 10.0 Å². The maximum atomic E-state index is 11.4. The summed E-state index contributed by atoms with van der Waals surface area (Å²) in [5, 5.41) is 0. The fourth-order valence-corrected chi connectivity index (χ4v) is 1.88. The first-order chi connectivity index (χ1) is 8.26. The standard InChI is InChI=1S/C12H17NO4S/c1-9(2)8-12(14)17-11-6-4-10(5-7-11)13-18(3,15)16/h4-7,9,13H,8H2,1-3H3. The van der Waals surface area contributed by atoms with Crippen LogP contribution < -0.4 is 9.46 Å². The number of carbonyl (C=O) groups excluding carboxylic acids is 1. The number of benzene rings is 1. The molecule has 18 heavy (non-hydrogen) atoms. The van der Waals surface area contributed by atoms with Crippen LogP contribution in [0.25, 0.3) is 0 Å². The Morgan fingerprint density at radius 2 is 1.83 bits per heavy atom. The summed E-state index contributed by atoms with van der Waals surface area (Å²) < 4.78 is 29.4. The zero-order valence-electron chi connectivity index (χ0n) is 10.6. The molecule has 0 heterocycles. The van der Waals surface area contributed by atoms with Crippen LogP contribution in [0.1, 0.15) is 20.3 Å². The first kappa shape index (κ1) is 14.5. The van der Waals surface area contributed by atoms with Crippen molar-refractivity contribution in [3.63, 3.8) is 0 Å². The van der Waals surface area contributed by atoms with Crippen molar-refractivity contribution in [1.82, 2.24) is 0 Å². The molecular formula is C12H17NO4S. The number of ether oxygens (including phenoxy) is 1. The molecule has 1 rings (SSSR count). The van der Waals surface area contributed by atoms with Crippen LogP contribution in [0.3, 0.4) is 0 Å². The van der Waals surface area contributed by atoms with Crippen LogP contribution in [0.5, 0.6) is 5.75 Å². The lowest BCUT2D eigenvalue weighted by Gasteiger charge is -2.07. The highest BCUT2D eigenvalue weighted by Gasteiger charge is 2.08. The minimum absolute atomic E-state index is 0.240. The summed E-state index contributed by atoms with van der Waals surface area (Å²) in [5.74, 6) is 0.345. The maximum absolute atomic E-state index is 11.4. The molecule has 6 heteroatoms. The second-order valence-electron chi connectivity index (χ2n) is 4.47. The number of sulfonamides is 1. The Balaban J connectivity index is 2.63. The van der Waals surface area contributed by atoms with Crippen LogP contribution in [-0.2, 0) is 14.8 Å². The van der Waals surface area contributed by atoms with E-state index in [2.05, 4.69) is 4.72 Å². The van der Waals surface area contributed by atoms with Crippen LogP contribution in [0.4, 0.5) is 5.69 Å². The van der Waals surface area contributed by atoms with Crippen molar-refractivity contribution >= 4 is 21.7 Å². The SMILES string of the molecule is CC(C)CC(=O)Oc1ccc(NS(C)(=O)=O)cc1. The van der Waals surface area contributed by atoms with Crippen molar-refractivity contribution in [3.05, 3.63) is 24.3 Å². The highest BCUT2D eigenvalue weighted by molar-refractivity contribution is 7.92. The van der Waals surface area contributed by atoms with Gasteiger partial charge in [0.25, 0.3) is 0 Å². The quantitative estimate of drug-likeness (QED) is 0.657. The minimum atomic E-state index is -3.29. The average Bonchev–Trinajstić information content (AvgIpc) is 2.17. The van der Waals surface area contributed by atoms with E-state index in [1.54, 1.807) is 24.3 Å². The van der Waals surface area contributed by atoms with E-state index in [4.69, 9.17) is 4.74 Å². The summed E-state index contributed by atoms with van der Waals surface area (Å²) in [4.78, 5) is 11.4. The van der Waals surface area contributed by atoms with Gasteiger partial charge in [-0.05, 0) is 30.2 Å². The smallest absolute Gasteiger partial charge is 0.311 e. The molecule has 0 saturated heterocycles. The molecule has 0 aliphatic heterocycles. The molecule has 0 atom stereocenters. The highest BCUT2D eigenvalue weighted by atomic mass is 32.2. The molecule has 0 bridgehead atoms. The number of nitrogens with one attached hydrogen (secondary N) is 1. The number of hydrogen-bond donors (Lipinski definition) is 1. The molecule has 1 aromatic carbocycles. The third-order valence-electron chi connectivity index (χ3n) is 1.96. The van der Waals surface area contributed by atoms with Crippen molar-refractivity contribution in [2.45, 2.75) is 20.3 Å². The van der Waals surface area contributed by atoms with Crippen LogP contribution in [0.15, 0.2) is 24.3 Å². The van der Waals surface area contributed by atoms with Gasteiger partial charge >= 0.3 is 5.97 Å². The summed E-state index contributed by atoms with van der Waals surface area (Å²) in [6.07, 6.45) is 1.42. The molecule has 0 spiro atoms. The number of anilines is 1. The van der Waals surface area contributed by atoms with Gasteiger partial charge in [-0.25, -0.2) is 8.42 Å². The molecule has 0 saturated carbocycles. The van der Waals surface area contributed by atoms with E-state index >= 15 is 0 Å². The third kappa shape index (κ3) is 5.67. The number of carbonyl (C=O) groups is 1. The predicted molar refractivity (Wildman–Crippen MR) is 70.0 cm³/mol. The first-order valence-electron chi connectivity index (χ1n) is 5.55. The van der Waals surface area contributed by atoms with Gasteiger partial charge in [0, 0.05) is 12.1 Å². The molecular weight excluding hydrogens is 254 g/mol. The van der Waals surface area contributed by atoms with Crippen molar-refractivity contribution in [1.29, 1.82) is 0 Å². The summed E-state index contributed by atoms with van der Waals surface area (Å²) >= 11 is 0. The van der Waals surface area contributed by atoms with Crippen LogP contribution in [0, 0.1) is 5.92 Å². The van der Waals surface area contributed by atoms with E-state index in [0.29, 0.717) is 17.9 Å². The van der Waals surface area contributed by atoms with Gasteiger partial charge in [0.1, 0.15) is 5.75 Å². The average molecular weight is 271 g/mol. The molecule has 0 aromatic heterocycles. The minimum Gasteiger partial charge on any atom is -0.427 e. The zero-order chi connectivity index (χ0) is 13.8. The fourth-order valence-electron chi connectivity index (χ4n) is 1.31. The summed E-state index contributed by atoms with van der Waals surface area (Å²) in [6.45, 7) is 3.86. The van der Waals surface area contributed by atoms with Crippen molar-refractivity contribution in [2.24, 2.45) is 5.92 Å². The Bertz CT molecular complexity index is 505. The number of hydrogen-bond acceptors (Lipinski definition) is 4. The predicted octanol–water partition coefficient (Wildman–Crippen LogP) is 2.01. The van der Waals surface area contributed by atoms with Gasteiger partial charge in [0.05, 0.1) is 6.26 Å². The Labute approximate surface area is 107 Å². The van der Waals surface area contributed by atoms with Gasteiger partial charge < -0.3 is 4.74 Å². The highest BCUT2D eigenvalue weighted by Crippen LogP contribution is 2.17. The molecule has 1 aromatic rings. The van der Waals surface area contributed by atoms with Crippen molar-refractivity contribution < 1.29 is 17.9 Å². The fraction of sp³-hybridized carbons (Fsp3) is 0.417. The van der Waals surface area contributed by atoms with E-state index in [-0.39, 0.29) is 11.9 Å². The Morgan fingerprint density at radius 1 is 1.28 bits per heavy atom. The van der Waals surface area contributed by atoms with Gasteiger partial charge in [0.15, 0.2) is 0 Å².